The lowest BCUT2D eigenvalue weighted by Gasteiger charge is -2.32. The third kappa shape index (κ3) is 2.02. The van der Waals surface area contributed by atoms with Gasteiger partial charge in [0.05, 0.1) is 5.92 Å². The zero-order valence-corrected chi connectivity index (χ0v) is 8.01. The molecule has 2 unspecified atom stereocenters. The van der Waals surface area contributed by atoms with Crippen LogP contribution >= 0.6 is 0 Å². The van der Waals surface area contributed by atoms with Gasteiger partial charge in [-0.15, -0.1) is 0 Å². The summed E-state index contributed by atoms with van der Waals surface area (Å²) in [5.74, 6) is 0.514. The highest BCUT2D eigenvalue weighted by molar-refractivity contribution is 5.80. The molecule has 2 atom stereocenters. The summed E-state index contributed by atoms with van der Waals surface area (Å²) in [6.45, 7) is 1.97. The molecule has 2 N–H and O–H groups in total. The van der Waals surface area contributed by atoms with Crippen molar-refractivity contribution in [2.24, 2.45) is 5.92 Å². The highest BCUT2D eigenvalue weighted by Crippen LogP contribution is 2.21. The van der Waals surface area contributed by atoms with Gasteiger partial charge in [0.1, 0.15) is 0 Å². The van der Waals surface area contributed by atoms with Gasteiger partial charge in [-0.25, -0.2) is 0 Å². The average molecular weight is 182 g/mol. The lowest BCUT2D eigenvalue weighted by molar-refractivity contribution is -0.127. The van der Waals surface area contributed by atoms with Crippen molar-refractivity contribution < 1.29 is 4.79 Å². The van der Waals surface area contributed by atoms with E-state index in [0.717, 1.165) is 25.9 Å². The van der Waals surface area contributed by atoms with Gasteiger partial charge in [0.25, 0.3) is 0 Å². The van der Waals surface area contributed by atoms with Crippen LogP contribution in [-0.2, 0) is 4.79 Å². The maximum absolute atomic E-state index is 11.5. The van der Waals surface area contributed by atoms with Crippen LogP contribution in [0.15, 0.2) is 0 Å². The molecule has 74 valence electrons. The summed E-state index contributed by atoms with van der Waals surface area (Å²) in [6.07, 6.45) is 5.95. The third-order valence-electron chi connectivity index (χ3n) is 3.16. The molecule has 2 aliphatic rings. The Labute approximate surface area is 79.3 Å². The van der Waals surface area contributed by atoms with Crippen molar-refractivity contribution in [1.29, 1.82) is 0 Å². The standard InChI is InChI=1S/C10H18N2O/c13-10-8(4-3-7-12-10)9-5-1-2-6-11-9/h8-9,11H,1-7H2,(H,12,13). The van der Waals surface area contributed by atoms with Crippen molar-refractivity contribution >= 4 is 5.91 Å². The molecule has 2 rings (SSSR count). The number of nitrogens with one attached hydrogen (secondary N) is 2. The lowest BCUT2D eigenvalue weighted by atomic mass is 9.86. The summed E-state index contributed by atoms with van der Waals surface area (Å²) in [7, 11) is 0. The van der Waals surface area contributed by atoms with E-state index in [9.17, 15) is 4.79 Å². The van der Waals surface area contributed by atoms with Crippen molar-refractivity contribution in [3.8, 4) is 0 Å². The van der Waals surface area contributed by atoms with Gasteiger partial charge in [-0.2, -0.15) is 0 Å². The van der Waals surface area contributed by atoms with E-state index in [1.807, 2.05) is 0 Å². The summed E-state index contributed by atoms with van der Waals surface area (Å²) < 4.78 is 0. The number of carbonyl (C=O) groups excluding carboxylic acids is 1. The van der Waals surface area contributed by atoms with Gasteiger partial charge < -0.3 is 10.6 Å². The number of rotatable bonds is 1. The van der Waals surface area contributed by atoms with Crippen molar-refractivity contribution in [3.05, 3.63) is 0 Å². The zero-order valence-electron chi connectivity index (χ0n) is 8.01. The van der Waals surface area contributed by atoms with Gasteiger partial charge in [0, 0.05) is 12.6 Å². The molecule has 3 nitrogen and oxygen atoms in total. The normalized spacial score (nSPS) is 35.5. The first-order chi connectivity index (χ1) is 6.38. The van der Waals surface area contributed by atoms with Crippen LogP contribution in [0, 0.1) is 5.92 Å². The van der Waals surface area contributed by atoms with E-state index in [4.69, 9.17) is 0 Å². The second-order valence-electron chi connectivity index (χ2n) is 4.10. The van der Waals surface area contributed by atoms with Crippen LogP contribution in [0.2, 0.25) is 0 Å². The van der Waals surface area contributed by atoms with Crippen molar-refractivity contribution in [3.63, 3.8) is 0 Å². The molecule has 0 saturated carbocycles. The van der Waals surface area contributed by atoms with E-state index in [-0.39, 0.29) is 11.8 Å². The monoisotopic (exact) mass is 182 g/mol. The van der Waals surface area contributed by atoms with Crippen molar-refractivity contribution in [2.75, 3.05) is 13.1 Å². The Morgan fingerprint density at radius 3 is 2.69 bits per heavy atom. The summed E-state index contributed by atoms with van der Waals surface area (Å²) in [5.41, 5.74) is 0. The topological polar surface area (TPSA) is 41.1 Å². The highest BCUT2D eigenvalue weighted by Gasteiger charge is 2.30. The lowest BCUT2D eigenvalue weighted by Crippen LogP contribution is -2.49. The molecule has 1 amide bonds. The van der Waals surface area contributed by atoms with Crippen LogP contribution in [0.1, 0.15) is 32.1 Å². The van der Waals surface area contributed by atoms with Crippen LogP contribution in [-0.4, -0.2) is 25.0 Å². The minimum atomic E-state index is 0.244. The molecular formula is C10H18N2O. The predicted octanol–water partition coefficient (Wildman–Crippen LogP) is 0.655. The number of hydrogen-bond donors (Lipinski definition) is 2. The molecule has 0 aromatic rings. The average Bonchev–Trinajstić information content (AvgIpc) is 2.20. The molecule has 2 fully saturated rings. The van der Waals surface area contributed by atoms with Crippen LogP contribution < -0.4 is 10.6 Å². The Hall–Kier alpha value is -0.570. The van der Waals surface area contributed by atoms with E-state index in [0.29, 0.717) is 6.04 Å². The Kier molecular flexibility index (Phi) is 2.83. The van der Waals surface area contributed by atoms with Crippen LogP contribution in [0.25, 0.3) is 0 Å². The first kappa shape index (κ1) is 9.00. The summed E-state index contributed by atoms with van der Waals surface area (Å²) in [5, 5.41) is 6.41. The van der Waals surface area contributed by atoms with Crippen molar-refractivity contribution in [2.45, 2.75) is 38.1 Å². The molecule has 0 bridgehead atoms. The largest absolute Gasteiger partial charge is 0.356 e. The van der Waals surface area contributed by atoms with E-state index < -0.39 is 0 Å². The fourth-order valence-corrected chi connectivity index (χ4v) is 2.40. The fraction of sp³-hybridized carbons (Fsp3) is 0.900. The highest BCUT2D eigenvalue weighted by atomic mass is 16.2. The first-order valence-electron chi connectivity index (χ1n) is 5.39. The van der Waals surface area contributed by atoms with Gasteiger partial charge >= 0.3 is 0 Å². The van der Waals surface area contributed by atoms with Gasteiger partial charge in [-0.1, -0.05) is 6.42 Å². The first-order valence-corrected chi connectivity index (χ1v) is 5.39. The molecule has 0 radical (unpaired) electrons. The molecule has 0 aliphatic carbocycles. The molecular weight excluding hydrogens is 164 g/mol. The quantitative estimate of drug-likeness (QED) is 0.625. The van der Waals surface area contributed by atoms with E-state index in [1.54, 1.807) is 0 Å². The van der Waals surface area contributed by atoms with Crippen LogP contribution in [0.4, 0.5) is 0 Å². The Morgan fingerprint density at radius 1 is 1.08 bits per heavy atom. The fourth-order valence-electron chi connectivity index (χ4n) is 2.40. The van der Waals surface area contributed by atoms with Gasteiger partial charge in [-0.05, 0) is 32.2 Å². The second kappa shape index (κ2) is 4.09. The molecule has 0 spiro atoms. The number of carbonyl (C=O) groups is 1. The van der Waals surface area contributed by atoms with Crippen molar-refractivity contribution in [1.82, 2.24) is 10.6 Å². The predicted molar refractivity (Wildman–Crippen MR) is 51.4 cm³/mol. The number of amides is 1. The third-order valence-corrected chi connectivity index (χ3v) is 3.16. The molecule has 2 aliphatic heterocycles. The summed E-state index contributed by atoms with van der Waals surface area (Å²) in [6, 6.07) is 0.453. The van der Waals surface area contributed by atoms with Gasteiger partial charge in [0.15, 0.2) is 0 Å². The zero-order chi connectivity index (χ0) is 9.10. The maximum atomic E-state index is 11.5. The van der Waals surface area contributed by atoms with E-state index >= 15 is 0 Å². The molecule has 2 saturated heterocycles. The Bertz CT molecular complexity index is 187. The Morgan fingerprint density at radius 2 is 2.00 bits per heavy atom. The van der Waals surface area contributed by atoms with Crippen LogP contribution in [0.3, 0.4) is 0 Å². The van der Waals surface area contributed by atoms with E-state index in [1.165, 1.54) is 19.3 Å². The molecule has 0 aromatic carbocycles. The van der Waals surface area contributed by atoms with Crippen LogP contribution in [0.5, 0.6) is 0 Å². The van der Waals surface area contributed by atoms with Gasteiger partial charge in [0.2, 0.25) is 5.91 Å². The minimum absolute atomic E-state index is 0.244. The molecule has 2 heterocycles. The van der Waals surface area contributed by atoms with Gasteiger partial charge in [-0.3, -0.25) is 4.79 Å². The minimum Gasteiger partial charge on any atom is -0.356 e. The van der Waals surface area contributed by atoms with E-state index in [2.05, 4.69) is 10.6 Å². The number of piperidine rings is 2. The Balaban J connectivity index is 1.92. The molecule has 0 aromatic heterocycles. The smallest absolute Gasteiger partial charge is 0.224 e. The summed E-state index contributed by atoms with van der Waals surface area (Å²) in [4.78, 5) is 11.5. The number of hydrogen-bond acceptors (Lipinski definition) is 2. The maximum Gasteiger partial charge on any atom is 0.224 e. The summed E-state index contributed by atoms with van der Waals surface area (Å²) >= 11 is 0. The molecule has 3 heteroatoms. The SMILES string of the molecule is O=C1NCCCC1C1CCCCN1. The second-order valence-corrected chi connectivity index (χ2v) is 4.10. The molecule has 13 heavy (non-hydrogen) atoms.